The molecule has 0 unspecified atom stereocenters. The van der Waals surface area contributed by atoms with Crippen LogP contribution in [0.1, 0.15) is 26.0 Å². The molecule has 92 valence electrons. The predicted octanol–water partition coefficient (Wildman–Crippen LogP) is 1.58. The van der Waals surface area contributed by atoms with Crippen molar-refractivity contribution in [3.63, 3.8) is 0 Å². The number of nitrogens with one attached hydrogen (secondary N) is 1. The van der Waals surface area contributed by atoms with Crippen LogP contribution in [0.15, 0.2) is 30.6 Å². The highest BCUT2D eigenvalue weighted by atomic mass is 16.3. The van der Waals surface area contributed by atoms with Gasteiger partial charge in [0.25, 0.3) is 0 Å². The molecule has 0 saturated heterocycles. The number of hydrogen-bond acceptors (Lipinski definition) is 3. The van der Waals surface area contributed by atoms with E-state index in [4.69, 9.17) is 5.11 Å². The summed E-state index contributed by atoms with van der Waals surface area (Å²) in [5, 5.41) is 12.4. The van der Waals surface area contributed by atoms with Crippen molar-refractivity contribution in [2.45, 2.75) is 32.4 Å². The van der Waals surface area contributed by atoms with E-state index in [1.807, 2.05) is 35.0 Å². The van der Waals surface area contributed by atoms with Crippen LogP contribution < -0.4 is 5.32 Å². The number of imidazole rings is 1. The van der Waals surface area contributed by atoms with Crippen molar-refractivity contribution in [2.24, 2.45) is 0 Å². The van der Waals surface area contributed by atoms with Gasteiger partial charge in [-0.2, -0.15) is 0 Å². The SMILES string of the molecule is CC(C)(CCO)NCc1cn2ccccc2n1. The lowest BCUT2D eigenvalue weighted by molar-refractivity contribution is 0.229. The molecule has 2 aromatic rings. The third-order valence-corrected chi connectivity index (χ3v) is 2.90. The van der Waals surface area contributed by atoms with E-state index in [1.54, 1.807) is 0 Å². The van der Waals surface area contributed by atoms with Gasteiger partial charge < -0.3 is 14.8 Å². The van der Waals surface area contributed by atoms with Crippen molar-refractivity contribution in [2.75, 3.05) is 6.61 Å². The van der Waals surface area contributed by atoms with E-state index in [-0.39, 0.29) is 12.1 Å². The number of aliphatic hydroxyl groups excluding tert-OH is 1. The summed E-state index contributed by atoms with van der Waals surface area (Å²) >= 11 is 0. The standard InChI is InChI=1S/C13H19N3O/c1-13(2,6-8-17)14-9-11-10-16-7-4-3-5-12(16)15-11/h3-5,7,10,14,17H,6,8-9H2,1-2H3. The van der Waals surface area contributed by atoms with Crippen molar-refractivity contribution in [3.05, 3.63) is 36.3 Å². The van der Waals surface area contributed by atoms with Gasteiger partial charge in [-0.15, -0.1) is 0 Å². The number of nitrogens with zero attached hydrogens (tertiary/aromatic N) is 2. The molecular weight excluding hydrogens is 214 g/mol. The van der Waals surface area contributed by atoms with Gasteiger partial charge in [-0.25, -0.2) is 4.98 Å². The Morgan fingerprint density at radius 1 is 1.41 bits per heavy atom. The smallest absolute Gasteiger partial charge is 0.137 e. The maximum atomic E-state index is 8.95. The second-order valence-electron chi connectivity index (χ2n) is 4.91. The highest BCUT2D eigenvalue weighted by Gasteiger charge is 2.16. The molecule has 0 bridgehead atoms. The zero-order valence-corrected chi connectivity index (χ0v) is 10.3. The predicted molar refractivity (Wildman–Crippen MR) is 67.8 cm³/mol. The lowest BCUT2D eigenvalue weighted by atomic mass is 10.0. The fourth-order valence-electron chi connectivity index (χ4n) is 1.77. The van der Waals surface area contributed by atoms with Crippen molar-refractivity contribution >= 4 is 5.65 Å². The Morgan fingerprint density at radius 2 is 2.24 bits per heavy atom. The minimum Gasteiger partial charge on any atom is -0.396 e. The first-order valence-electron chi connectivity index (χ1n) is 5.89. The summed E-state index contributed by atoms with van der Waals surface area (Å²) in [6.45, 7) is 5.08. The Labute approximate surface area is 101 Å². The van der Waals surface area contributed by atoms with E-state index in [9.17, 15) is 0 Å². The minimum atomic E-state index is -0.0649. The zero-order chi connectivity index (χ0) is 12.3. The average Bonchev–Trinajstić information content (AvgIpc) is 2.69. The number of aliphatic hydroxyl groups is 1. The van der Waals surface area contributed by atoms with Crippen LogP contribution in [0.4, 0.5) is 0 Å². The summed E-state index contributed by atoms with van der Waals surface area (Å²) in [5.41, 5.74) is 1.91. The quantitative estimate of drug-likeness (QED) is 0.824. The molecule has 0 radical (unpaired) electrons. The average molecular weight is 233 g/mol. The summed E-state index contributed by atoms with van der Waals surface area (Å²) in [7, 11) is 0. The van der Waals surface area contributed by atoms with Gasteiger partial charge in [0.1, 0.15) is 5.65 Å². The third kappa shape index (κ3) is 3.05. The molecule has 0 saturated carbocycles. The molecule has 2 N–H and O–H groups in total. The zero-order valence-electron chi connectivity index (χ0n) is 10.3. The maximum absolute atomic E-state index is 8.95. The van der Waals surface area contributed by atoms with Crippen LogP contribution in [-0.2, 0) is 6.54 Å². The van der Waals surface area contributed by atoms with Gasteiger partial charge in [0.15, 0.2) is 0 Å². The van der Waals surface area contributed by atoms with Gasteiger partial charge in [-0.1, -0.05) is 6.07 Å². The Morgan fingerprint density at radius 3 is 2.94 bits per heavy atom. The highest BCUT2D eigenvalue weighted by Crippen LogP contribution is 2.10. The summed E-state index contributed by atoms with van der Waals surface area (Å²) in [5.74, 6) is 0. The number of rotatable bonds is 5. The number of aromatic nitrogens is 2. The molecule has 0 aromatic carbocycles. The molecule has 4 heteroatoms. The van der Waals surface area contributed by atoms with Gasteiger partial charge in [-0.3, -0.25) is 0 Å². The largest absolute Gasteiger partial charge is 0.396 e. The molecule has 17 heavy (non-hydrogen) atoms. The molecule has 0 aliphatic carbocycles. The van der Waals surface area contributed by atoms with Gasteiger partial charge in [-0.05, 0) is 32.4 Å². The fourth-order valence-corrected chi connectivity index (χ4v) is 1.77. The van der Waals surface area contributed by atoms with E-state index in [2.05, 4.69) is 24.1 Å². The number of fused-ring (bicyclic) bond motifs is 1. The van der Waals surface area contributed by atoms with Crippen LogP contribution in [0.25, 0.3) is 5.65 Å². The molecule has 0 fully saturated rings. The van der Waals surface area contributed by atoms with Gasteiger partial charge >= 0.3 is 0 Å². The normalized spacial score (nSPS) is 12.2. The van der Waals surface area contributed by atoms with Crippen LogP contribution in [0.3, 0.4) is 0 Å². The van der Waals surface area contributed by atoms with E-state index in [1.165, 1.54) is 0 Å². The molecule has 0 spiro atoms. The molecule has 4 nitrogen and oxygen atoms in total. The van der Waals surface area contributed by atoms with Crippen LogP contribution in [0.5, 0.6) is 0 Å². The van der Waals surface area contributed by atoms with E-state index >= 15 is 0 Å². The van der Waals surface area contributed by atoms with Gasteiger partial charge in [0.2, 0.25) is 0 Å². The summed E-state index contributed by atoms with van der Waals surface area (Å²) < 4.78 is 2.01. The Bertz CT molecular complexity index is 457. The molecule has 0 atom stereocenters. The van der Waals surface area contributed by atoms with Crippen molar-refractivity contribution < 1.29 is 5.11 Å². The van der Waals surface area contributed by atoms with Crippen molar-refractivity contribution in [1.82, 2.24) is 14.7 Å². The molecule has 0 amide bonds. The summed E-state index contributed by atoms with van der Waals surface area (Å²) in [6, 6.07) is 5.96. The second kappa shape index (κ2) is 4.85. The molecule has 0 aliphatic rings. The summed E-state index contributed by atoms with van der Waals surface area (Å²) in [6.07, 6.45) is 4.75. The molecule has 2 rings (SSSR count). The lowest BCUT2D eigenvalue weighted by Crippen LogP contribution is -2.39. The van der Waals surface area contributed by atoms with Crippen molar-refractivity contribution in [1.29, 1.82) is 0 Å². The topological polar surface area (TPSA) is 49.6 Å². The van der Waals surface area contributed by atoms with Gasteiger partial charge in [0, 0.05) is 31.1 Å². The first kappa shape index (κ1) is 12.1. The third-order valence-electron chi connectivity index (χ3n) is 2.90. The number of pyridine rings is 1. The van der Waals surface area contributed by atoms with E-state index < -0.39 is 0 Å². The van der Waals surface area contributed by atoms with E-state index in [0.717, 1.165) is 17.8 Å². The second-order valence-corrected chi connectivity index (χ2v) is 4.91. The van der Waals surface area contributed by atoms with Crippen LogP contribution in [-0.4, -0.2) is 26.6 Å². The molecule has 2 heterocycles. The van der Waals surface area contributed by atoms with Crippen LogP contribution in [0.2, 0.25) is 0 Å². The molecular formula is C13H19N3O. The van der Waals surface area contributed by atoms with E-state index in [0.29, 0.717) is 6.54 Å². The van der Waals surface area contributed by atoms with Crippen LogP contribution in [0, 0.1) is 0 Å². The Hall–Kier alpha value is -1.39. The summed E-state index contributed by atoms with van der Waals surface area (Å²) in [4.78, 5) is 4.51. The minimum absolute atomic E-state index is 0.0649. The molecule has 0 aliphatic heterocycles. The first-order valence-corrected chi connectivity index (χ1v) is 5.89. The lowest BCUT2D eigenvalue weighted by Gasteiger charge is -2.24. The monoisotopic (exact) mass is 233 g/mol. The van der Waals surface area contributed by atoms with Gasteiger partial charge in [0.05, 0.1) is 5.69 Å². The fraction of sp³-hybridized carbons (Fsp3) is 0.462. The first-order chi connectivity index (χ1) is 8.11. The number of hydrogen-bond donors (Lipinski definition) is 2. The maximum Gasteiger partial charge on any atom is 0.137 e. The highest BCUT2D eigenvalue weighted by molar-refractivity contribution is 5.39. The molecule has 2 aromatic heterocycles. The van der Waals surface area contributed by atoms with Crippen molar-refractivity contribution in [3.8, 4) is 0 Å². The Kier molecular flexibility index (Phi) is 3.45. The Balaban J connectivity index is 2.04. The van der Waals surface area contributed by atoms with Crippen LogP contribution >= 0.6 is 0 Å².